The van der Waals surface area contributed by atoms with Crippen molar-refractivity contribution < 1.29 is 9.53 Å². The Morgan fingerprint density at radius 3 is 1.86 bits per heavy atom. The molecule has 0 N–H and O–H groups in total. The smallest absolute Gasteiger partial charge is 0.186 e. The van der Waals surface area contributed by atoms with Gasteiger partial charge in [0.15, 0.2) is 5.78 Å². The van der Waals surface area contributed by atoms with Crippen LogP contribution in [0.4, 0.5) is 0 Å². The van der Waals surface area contributed by atoms with Crippen LogP contribution in [0.5, 0.6) is 0 Å². The molecule has 0 amide bonds. The molecular weight excluding hydrogens is 272 g/mol. The summed E-state index contributed by atoms with van der Waals surface area (Å²) in [5, 5.41) is 0. The van der Waals surface area contributed by atoms with Crippen LogP contribution in [0.25, 0.3) is 0 Å². The molecule has 1 rings (SSSR count). The van der Waals surface area contributed by atoms with Gasteiger partial charge in [-0.1, -0.05) is 61.3 Å². The average molecular weight is 304 g/mol. The predicted molar refractivity (Wildman–Crippen MR) is 93.6 cm³/mol. The van der Waals surface area contributed by atoms with Crippen LogP contribution < -0.4 is 0 Å². The van der Waals surface area contributed by atoms with E-state index in [9.17, 15) is 4.79 Å². The Balaban J connectivity index is 3.03. The summed E-state index contributed by atoms with van der Waals surface area (Å²) in [7, 11) is 0. The van der Waals surface area contributed by atoms with Crippen LogP contribution in [0.2, 0.25) is 0 Å². The zero-order valence-corrected chi connectivity index (χ0v) is 15.4. The molecule has 0 unspecified atom stereocenters. The van der Waals surface area contributed by atoms with E-state index in [0.29, 0.717) is 0 Å². The molecule has 2 heteroatoms. The van der Waals surface area contributed by atoms with Crippen molar-refractivity contribution in [3.8, 4) is 0 Å². The molecule has 0 radical (unpaired) electrons. The monoisotopic (exact) mass is 304 g/mol. The number of Topliss-reactive ketones (excluding diaryl/α,β-unsaturated/α-hetero) is 1. The molecule has 1 aliphatic carbocycles. The third-order valence-corrected chi connectivity index (χ3v) is 3.81. The van der Waals surface area contributed by atoms with E-state index in [1.807, 2.05) is 12.2 Å². The minimum Gasteiger partial charge on any atom is -0.501 e. The molecule has 124 valence electrons. The van der Waals surface area contributed by atoms with Crippen LogP contribution in [-0.2, 0) is 9.53 Å². The maximum Gasteiger partial charge on any atom is 0.186 e. The van der Waals surface area contributed by atoms with Gasteiger partial charge in [0, 0.05) is 16.7 Å². The van der Waals surface area contributed by atoms with Crippen LogP contribution in [-0.4, -0.2) is 12.4 Å². The normalized spacial score (nSPS) is 16.3. The Morgan fingerprint density at radius 1 is 0.955 bits per heavy atom. The Bertz CT molecular complexity index is 455. The molecule has 0 atom stereocenters. The average Bonchev–Trinajstić information content (AvgIpc) is 2.37. The Hall–Kier alpha value is -1.31. The highest BCUT2D eigenvalue weighted by atomic mass is 16.5. The van der Waals surface area contributed by atoms with E-state index in [1.54, 1.807) is 6.26 Å². The number of hydrogen-bond donors (Lipinski definition) is 0. The van der Waals surface area contributed by atoms with Gasteiger partial charge < -0.3 is 4.74 Å². The number of ether oxygens (including phenoxy) is 1. The summed E-state index contributed by atoms with van der Waals surface area (Å²) < 4.78 is 5.67. The number of allylic oxidation sites excluding steroid dienone is 5. The van der Waals surface area contributed by atoms with Crippen LogP contribution >= 0.6 is 0 Å². The summed E-state index contributed by atoms with van der Waals surface area (Å²) >= 11 is 0. The number of rotatable bonds is 5. The molecule has 0 heterocycles. The highest BCUT2D eigenvalue weighted by Crippen LogP contribution is 2.38. The first-order chi connectivity index (χ1) is 10.1. The predicted octanol–water partition coefficient (Wildman–Crippen LogP) is 5.60. The molecule has 1 aliphatic rings. The van der Waals surface area contributed by atoms with Crippen molar-refractivity contribution in [2.24, 2.45) is 10.8 Å². The number of ketones is 1. The largest absolute Gasteiger partial charge is 0.501 e. The summed E-state index contributed by atoms with van der Waals surface area (Å²) in [4.78, 5) is 12.8. The van der Waals surface area contributed by atoms with Gasteiger partial charge in [-0.25, -0.2) is 0 Å². The molecular formula is C20H32O2. The van der Waals surface area contributed by atoms with Crippen molar-refractivity contribution in [1.29, 1.82) is 0 Å². The van der Waals surface area contributed by atoms with E-state index in [4.69, 9.17) is 4.74 Å². The fourth-order valence-electron chi connectivity index (χ4n) is 2.42. The van der Waals surface area contributed by atoms with Gasteiger partial charge in [0.1, 0.15) is 0 Å². The lowest BCUT2D eigenvalue weighted by atomic mass is 9.72. The minimum atomic E-state index is -0.164. The number of hydrogen-bond acceptors (Lipinski definition) is 2. The highest BCUT2D eigenvalue weighted by Gasteiger charge is 2.33. The van der Waals surface area contributed by atoms with Crippen LogP contribution in [0.3, 0.4) is 0 Å². The maximum atomic E-state index is 12.8. The molecule has 0 bridgehead atoms. The molecule has 0 fully saturated rings. The van der Waals surface area contributed by atoms with Gasteiger partial charge in [-0.15, -0.1) is 0 Å². The quantitative estimate of drug-likeness (QED) is 0.488. The van der Waals surface area contributed by atoms with E-state index < -0.39 is 0 Å². The van der Waals surface area contributed by atoms with Crippen molar-refractivity contribution in [3.05, 3.63) is 35.1 Å². The molecule has 0 spiro atoms. The minimum absolute atomic E-state index is 0.164. The van der Waals surface area contributed by atoms with Crippen molar-refractivity contribution >= 4 is 5.78 Å². The van der Waals surface area contributed by atoms with Gasteiger partial charge in [0.05, 0.1) is 12.9 Å². The first kappa shape index (κ1) is 18.7. The molecule has 22 heavy (non-hydrogen) atoms. The molecule has 0 aromatic rings. The summed E-state index contributed by atoms with van der Waals surface area (Å²) in [6, 6.07) is 0. The Labute approximate surface area is 136 Å². The molecule has 0 aliphatic heterocycles. The second-order valence-corrected chi connectivity index (χ2v) is 8.14. The van der Waals surface area contributed by atoms with Crippen molar-refractivity contribution in [3.63, 3.8) is 0 Å². The molecule has 0 saturated carbocycles. The third-order valence-electron chi connectivity index (χ3n) is 3.81. The summed E-state index contributed by atoms with van der Waals surface area (Å²) in [5.74, 6) is 0.170. The van der Waals surface area contributed by atoms with Gasteiger partial charge in [-0.3, -0.25) is 4.79 Å². The summed E-state index contributed by atoms with van der Waals surface area (Å²) in [6.07, 6.45) is 9.23. The van der Waals surface area contributed by atoms with E-state index in [2.05, 4.69) is 48.5 Å². The molecule has 0 aromatic carbocycles. The lowest BCUT2D eigenvalue weighted by Crippen LogP contribution is -2.27. The maximum absolute atomic E-state index is 12.8. The zero-order chi connectivity index (χ0) is 17.0. The number of unbranched alkanes of at least 4 members (excludes halogenated alkanes) is 2. The molecule has 0 saturated heterocycles. The topological polar surface area (TPSA) is 26.3 Å². The van der Waals surface area contributed by atoms with E-state index in [1.165, 1.54) is 12.8 Å². The number of carbonyl (C=O) groups is 1. The fourth-order valence-corrected chi connectivity index (χ4v) is 2.42. The SMILES string of the molecule is CCCCCOC=C1C=C(C(C)(C)C)C(=O)C(C(C)(C)C)=C1. The van der Waals surface area contributed by atoms with Gasteiger partial charge in [0.2, 0.25) is 0 Å². The van der Waals surface area contributed by atoms with Gasteiger partial charge in [-0.2, -0.15) is 0 Å². The summed E-state index contributed by atoms with van der Waals surface area (Å²) in [6.45, 7) is 15.4. The molecule has 0 aromatic heterocycles. The Morgan fingerprint density at radius 2 is 1.45 bits per heavy atom. The second-order valence-electron chi connectivity index (χ2n) is 8.14. The lowest BCUT2D eigenvalue weighted by Gasteiger charge is -2.31. The molecule has 2 nitrogen and oxygen atoms in total. The van der Waals surface area contributed by atoms with E-state index in [-0.39, 0.29) is 16.6 Å². The van der Waals surface area contributed by atoms with Crippen molar-refractivity contribution in [2.45, 2.75) is 67.7 Å². The van der Waals surface area contributed by atoms with Crippen molar-refractivity contribution in [1.82, 2.24) is 0 Å². The second kappa shape index (κ2) is 7.30. The standard InChI is InChI=1S/C20H32O2/c1-8-9-10-11-22-14-15-12-16(19(2,3)4)18(21)17(13-15)20(5,6)7/h12-14H,8-11H2,1-7H3. The fraction of sp³-hybridized carbons (Fsp3) is 0.650. The lowest BCUT2D eigenvalue weighted by molar-refractivity contribution is -0.114. The van der Waals surface area contributed by atoms with Crippen molar-refractivity contribution in [2.75, 3.05) is 6.61 Å². The van der Waals surface area contributed by atoms with Crippen LogP contribution in [0, 0.1) is 10.8 Å². The number of carbonyl (C=O) groups excluding carboxylic acids is 1. The van der Waals surface area contributed by atoms with Crippen LogP contribution in [0.1, 0.15) is 67.7 Å². The van der Waals surface area contributed by atoms with E-state index >= 15 is 0 Å². The van der Waals surface area contributed by atoms with Gasteiger partial charge in [-0.05, 0) is 29.4 Å². The van der Waals surface area contributed by atoms with E-state index in [0.717, 1.165) is 29.7 Å². The van der Waals surface area contributed by atoms with Gasteiger partial charge in [0.25, 0.3) is 0 Å². The highest BCUT2D eigenvalue weighted by molar-refractivity contribution is 6.11. The Kier molecular flexibility index (Phi) is 6.22. The third kappa shape index (κ3) is 5.15. The first-order valence-electron chi connectivity index (χ1n) is 8.38. The van der Waals surface area contributed by atoms with Gasteiger partial charge >= 0.3 is 0 Å². The zero-order valence-electron chi connectivity index (χ0n) is 15.4. The summed E-state index contributed by atoms with van der Waals surface area (Å²) in [5.41, 5.74) is 2.39. The first-order valence-corrected chi connectivity index (χ1v) is 8.38. The van der Waals surface area contributed by atoms with Crippen LogP contribution in [0.15, 0.2) is 35.1 Å².